The SMILES string of the molecule is COc1ccc(C(C)NC(=O)/C(C#N)=C\Nc2cc(C)cc(C)c2)cc1. The number of nitrogens with one attached hydrogen (secondary N) is 2. The molecule has 0 aromatic heterocycles. The molecule has 0 aliphatic heterocycles. The average Bonchev–Trinajstić information content (AvgIpc) is 2.61. The van der Waals surface area contributed by atoms with Crippen LogP contribution in [0.2, 0.25) is 0 Å². The molecule has 0 fully saturated rings. The summed E-state index contributed by atoms with van der Waals surface area (Å²) in [6.07, 6.45) is 1.43. The third-order valence-electron chi connectivity index (χ3n) is 3.93. The predicted octanol–water partition coefficient (Wildman–Crippen LogP) is 4.01. The summed E-state index contributed by atoms with van der Waals surface area (Å²) in [7, 11) is 1.60. The van der Waals surface area contributed by atoms with E-state index in [1.807, 2.05) is 63.2 Å². The molecule has 0 heterocycles. The third-order valence-corrected chi connectivity index (χ3v) is 3.93. The van der Waals surface area contributed by atoms with Crippen LogP contribution in [-0.4, -0.2) is 13.0 Å². The number of methoxy groups -OCH3 is 1. The zero-order chi connectivity index (χ0) is 19.1. The van der Waals surface area contributed by atoms with Crippen LogP contribution in [0, 0.1) is 25.2 Å². The van der Waals surface area contributed by atoms with Gasteiger partial charge in [0.1, 0.15) is 17.4 Å². The number of anilines is 1. The summed E-state index contributed by atoms with van der Waals surface area (Å²) < 4.78 is 5.13. The first-order chi connectivity index (χ1) is 12.4. The molecule has 5 heteroatoms. The topological polar surface area (TPSA) is 74.1 Å². The van der Waals surface area contributed by atoms with Crippen molar-refractivity contribution in [3.05, 3.63) is 70.9 Å². The molecule has 0 radical (unpaired) electrons. The Morgan fingerprint density at radius 3 is 2.31 bits per heavy atom. The number of benzene rings is 2. The minimum atomic E-state index is -0.423. The van der Waals surface area contributed by atoms with Gasteiger partial charge >= 0.3 is 0 Å². The van der Waals surface area contributed by atoms with E-state index in [4.69, 9.17) is 4.74 Å². The van der Waals surface area contributed by atoms with Crippen LogP contribution in [0.15, 0.2) is 54.2 Å². The van der Waals surface area contributed by atoms with E-state index < -0.39 is 5.91 Å². The Labute approximate surface area is 154 Å². The van der Waals surface area contributed by atoms with Gasteiger partial charge in [0.15, 0.2) is 0 Å². The normalized spacial score (nSPS) is 12.0. The van der Waals surface area contributed by atoms with Gasteiger partial charge in [-0.2, -0.15) is 5.26 Å². The Kier molecular flexibility index (Phi) is 6.40. The maximum atomic E-state index is 12.4. The number of rotatable bonds is 6. The van der Waals surface area contributed by atoms with Gasteiger partial charge in [0.25, 0.3) is 5.91 Å². The lowest BCUT2D eigenvalue weighted by molar-refractivity contribution is -0.117. The zero-order valence-electron chi connectivity index (χ0n) is 15.5. The molecular weight excluding hydrogens is 326 g/mol. The summed E-state index contributed by atoms with van der Waals surface area (Å²) in [5, 5.41) is 15.2. The maximum absolute atomic E-state index is 12.4. The molecule has 0 spiro atoms. The molecule has 2 rings (SSSR count). The fourth-order valence-electron chi connectivity index (χ4n) is 2.61. The molecule has 5 nitrogen and oxygen atoms in total. The van der Waals surface area contributed by atoms with Gasteiger partial charge in [0.05, 0.1) is 13.2 Å². The number of nitrogens with zero attached hydrogens (tertiary/aromatic N) is 1. The van der Waals surface area contributed by atoms with E-state index in [1.54, 1.807) is 7.11 Å². The molecule has 1 atom stereocenters. The summed E-state index contributed by atoms with van der Waals surface area (Å²) in [6, 6.07) is 15.1. The molecular formula is C21H23N3O2. The van der Waals surface area contributed by atoms with Crippen LogP contribution in [0.3, 0.4) is 0 Å². The number of hydrogen-bond donors (Lipinski definition) is 2. The predicted molar refractivity (Wildman–Crippen MR) is 103 cm³/mol. The van der Waals surface area contributed by atoms with Crippen LogP contribution in [0.1, 0.15) is 29.7 Å². The molecule has 0 aliphatic carbocycles. The van der Waals surface area contributed by atoms with Crippen LogP contribution < -0.4 is 15.4 Å². The van der Waals surface area contributed by atoms with Gasteiger partial charge in [0.2, 0.25) is 0 Å². The summed E-state index contributed by atoms with van der Waals surface area (Å²) in [4.78, 5) is 12.4. The fraction of sp³-hybridized carbons (Fsp3) is 0.238. The molecule has 1 amide bonds. The molecule has 2 aromatic rings. The highest BCUT2D eigenvalue weighted by atomic mass is 16.5. The molecule has 134 valence electrons. The fourth-order valence-corrected chi connectivity index (χ4v) is 2.61. The molecule has 26 heavy (non-hydrogen) atoms. The molecule has 2 N–H and O–H groups in total. The molecule has 0 saturated carbocycles. The monoisotopic (exact) mass is 349 g/mol. The smallest absolute Gasteiger partial charge is 0.263 e. The Bertz CT molecular complexity index is 828. The number of carbonyl (C=O) groups is 1. The Hall–Kier alpha value is -3.26. The van der Waals surface area contributed by atoms with E-state index in [1.165, 1.54) is 6.20 Å². The van der Waals surface area contributed by atoms with Crippen molar-refractivity contribution in [2.75, 3.05) is 12.4 Å². The Balaban J connectivity index is 2.06. The zero-order valence-corrected chi connectivity index (χ0v) is 15.5. The lowest BCUT2D eigenvalue weighted by Gasteiger charge is -2.14. The van der Waals surface area contributed by atoms with Gasteiger partial charge in [-0.25, -0.2) is 0 Å². The van der Waals surface area contributed by atoms with Crippen LogP contribution in [-0.2, 0) is 4.79 Å². The summed E-state index contributed by atoms with van der Waals surface area (Å²) in [5.41, 5.74) is 4.00. The van der Waals surface area contributed by atoms with Crippen molar-refractivity contribution in [2.45, 2.75) is 26.8 Å². The van der Waals surface area contributed by atoms with Crippen molar-refractivity contribution < 1.29 is 9.53 Å². The first kappa shape index (κ1) is 19.1. The van der Waals surface area contributed by atoms with Gasteiger partial charge in [-0.15, -0.1) is 0 Å². The van der Waals surface area contributed by atoms with Crippen LogP contribution in [0.25, 0.3) is 0 Å². The van der Waals surface area contributed by atoms with E-state index in [0.717, 1.165) is 28.1 Å². The summed E-state index contributed by atoms with van der Waals surface area (Å²) in [5.74, 6) is 0.329. The van der Waals surface area contributed by atoms with Crippen LogP contribution in [0.5, 0.6) is 5.75 Å². The van der Waals surface area contributed by atoms with Crippen LogP contribution in [0.4, 0.5) is 5.69 Å². The highest BCUT2D eigenvalue weighted by Gasteiger charge is 2.14. The third kappa shape index (κ3) is 5.12. The molecule has 2 aromatic carbocycles. The molecule has 1 unspecified atom stereocenters. The Morgan fingerprint density at radius 2 is 1.77 bits per heavy atom. The average molecular weight is 349 g/mol. The molecule has 0 aliphatic rings. The van der Waals surface area contributed by atoms with Gasteiger partial charge in [0, 0.05) is 11.9 Å². The van der Waals surface area contributed by atoms with Crippen molar-refractivity contribution in [1.82, 2.24) is 5.32 Å². The highest BCUT2D eigenvalue weighted by molar-refractivity contribution is 5.97. The van der Waals surface area contributed by atoms with Crippen molar-refractivity contribution in [3.8, 4) is 11.8 Å². The highest BCUT2D eigenvalue weighted by Crippen LogP contribution is 2.18. The minimum absolute atomic E-state index is 0.0181. The lowest BCUT2D eigenvalue weighted by Crippen LogP contribution is -2.28. The van der Waals surface area contributed by atoms with Gasteiger partial charge in [-0.3, -0.25) is 4.79 Å². The minimum Gasteiger partial charge on any atom is -0.497 e. The van der Waals surface area contributed by atoms with E-state index in [0.29, 0.717) is 0 Å². The molecule has 0 bridgehead atoms. The maximum Gasteiger partial charge on any atom is 0.263 e. The van der Waals surface area contributed by atoms with Crippen molar-refractivity contribution >= 4 is 11.6 Å². The van der Waals surface area contributed by atoms with Gasteiger partial charge < -0.3 is 15.4 Å². The quantitative estimate of drug-likeness (QED) is 0.610. The second-order valence-electron chi connectivity index (χ2n) is 6.16. The van der Waals surface area contributed by atoms with E-state index in [9.17, 15) is 10.1 Å². The lowest BCUT2D eigenvalue weighted by atomic mass is 10.1. The van der Waals surface area contributed by atoms with Crippen molar-refractivity contribution in [3.63, 3.8) is 0 Å². The standard InChI is InChI=1S/C21H23N3O2/c1-14-9-15(2)11-19(10-14)23-13-18(12-22)21(25)24-16(3)17-5-7-20(26-4)8-6-17/h5-11,13,16,23H,1-4H3,(H,24,25)/b18-13-. The number of nitriles is 1. The second kappa shape index (κ2) is 8.72. The first-order valence-corrected chi connectivity index (χ1v) is 8.33. The first-order valence-electron chi connectivity index (χ1n) is 8.33. The van der Waals surface area contributed by atoms with Gasteiger partial charge in [-0.05, 0) is 61.7 Å². The van der Waals surface area contributed by atoms with E-state index in [-0.39, 0.29) is 11.6 Å². The Morgan fingerprint density at radius 1 is 1.15 bits per heavy atom. The number of carbonyl (C=O) groups excluding carboxylic acids is 1. The van der Waals surface area contributed by atoms with E-state index >= 15 is 0 Å². The number of aryl methyl sites for hydroxylation is 2. The number of amides is 1. The second-order valence-corrected chi connectivity index (χ2v) is 6.16. The van der Waals surface area contributed by atoms with Crippen molar-refractivity contribution in [2.24, 2.45) is 0 Å². The van der Waals surface area contributed by atoms with Crippen LogP contribution >= 0.6 is 0 Å². The number of ether oxygens (including phenoxy) is 1. The van der Waals surface area contributed by atoms with E-state index in [2.05, 4.69) is 16.7 Å². The van der Waals surface area contributed by atoms with Crippen molar-refractivity contribution in [1.29, 1.82) is 5.26 Å². The summed E-state index contributed by atoms with van der Waals surface area (Å²) in [6.45, 7) is 5.86. The van der Waals surface area contributed by atoms with Gasteiger partial charge in [-0.1, -0.05) is 18.2 Å². The molecule has 0 saturated heterocycles. The summed E-state index contributed by atoms with van der Waals surface area (Å²) >= 11 is 0. The number of hydrogen-bond acceptors (Lipinski definition) is 4. The largest absolute Gasteiger partial charge is 0.497 e.